The second-order valence-electron chi connectivity index (χ2n) is 3.70. The number of benzene rings is 1. The number of hydrogen-bond donors (Lipinski definition) is 2. The topological polar surface area (TPSA) is 54.4 Å². The first-order valence-corrected chi connectivity index (χ1v) is 5.79. The molecule has 2 N–H and O–H groups in total. The van der Waals surface area contributed by atoms with E-state index in [2.05, 4.69) is 10.3 Å². The molecule has 18 heavy (non-hydrogen) atoms. The first-order valence-electron chi connectivity index (χ1n) is 5.41. The fraction of sp³-hybridized carbons (Fsp3) is 0.154. The van der Waals surface area contributed by atoms with Crippen LogP contribution in [0.2, 0.25) is 5.15 Å². The summed E-state index contributed by atoms with van der Waals surface area (Å²) in [5, 5.41) is 13.1. The number of halogens is 1. The molecular formula is C13H13ClN2O2. The summed E-state index contributed by atoms with van der Waals surface area (Å²) >= 11 is 5.94. The van der Waals surface area contributed by atoms with E-state index in [4.69, 9.17) is 16.3 Å². The Morgan fingerprint density at radius 1 is 1.39 bits per heavy atom. The molecule has 4 nitrogen and oxygen atoms in total. The molecule has 0 saturated heterocycles. The van der Waals surface area contributed by atoms with Gasteiger partial charge < -0.3 is 15.2 Å². The predicted molar refractivity (Wildman–Crippen MR) is 71.2 cm³/mol. The highest BCUT2D eigenvalue weighted by Gasteiger charge is 2.04. The van der Waals surface area contributed by atoms with Crippen LogP contribution in [0.25, 0.3) is 0 Å². The van der Waals surface area contributed by atoms with Crippen LogP contribution in [0.5, 0.6) is 11.5 Å². The van der Waals surface area contributed by atoms with Crippen LogP contribution in [-0.4, -0.2) is 17.2 Å². The fourth-order valence-corrected chi connectivity index (χ4v) is 1.73. The van der Waals surface area contributed by atoms with Crippen molar-refractivity contribution in [2.24, 2.45) is 0 Å². The van der Waals surface area contributed by atoms with Gasteiger partial charge in [-0.25, -0.2) is 4.98 Å². The number of nitrogens with one attached hydrogen (secondary N) is 1. The number of pyridine rings is 1. The average molecular weight is 265 g/mol. The number of ether oxygens (including phenoxy) is 1. The van der Waals surface area contributed by atoms with E-state index in [1.807, 2.05) is 18.2 Å². The molecule has 1 aromatic carbocycles. The van der Waals surface area contributed by atoms with E-state index in [0.29, 0.717) is 17.4 Å². The van der Waals surface area contributed by atoms with Gasteiger partial charge in [-0.15, -0.1) is 0 Å². The maximum atomic E-state index is 9.49. The van der Waals surface area contributed by atoms with Crippen LogP contribution in [0.4, 0.5) is 5.69 Å². The van der Waals surface area contributed by atoms with Gasteiger partial charge in [0.25, 0.3) is 0 Å². The predicted octanol–water partition coefficient (Wildman–Crippen LogP) is 3.06. The van der Waals surface area contributed by atoms with Crippen molar-refractivity contribution in [2.75, 3.05) is 12.4 Å². The number of hydrogen-bond acceptors (Lipinski definition) is 4. The van der Waals surface area contributed by atoms with Crippen LogP contribution < -0.4 is 10.1 Å². The van der Waals surface area contributed by atoms with E-state index >= 15 is 0 Å². The molecule has 0 amide bonds. The largest absolute Gasteiger partial charge is 0.504 e. The number of aromatic hydroxyl groups is 1. The molecule has 0 unspecified atom stereocenters. The van der Waals surface area contributed by atoms with Crippen LogP contribution in [0.15, 0.2) is 36.5 Å². The van der Waals surface area contributed by atoms with Gasteiger partial charge in [-0.2, -0.15) is 0 Å². The number of aromatic nitrogens is 1. The van der Waals surface area contributed by atoms with Crippen molar-refractivity contribution in [2.45, 2.75) is 6.54 Å². The molecule has 0 aliphatic carbocycles. The first-order chi connectivity index (χ1) is 8.70. The van der Waals surface area contributed by atoms with Gasteiger partial charge in [-0.1, -0.05) is 17.7 Å². The molecule has 0 saturated carbocycles. The van der Waals surface area contributed by atoms with Gasteiger partial charge in [0.2, 0.25) is 0 Å². The molecule has 0 bridgehead atoms. The fourth-order valence-electron chi connectivity index (χ4n) is 1.55. The summed E-state index contributed by atoms with van der Waals surface area (Å²) in [6, 6.07) is 8.85. The molecule has 2 rings (SSSR count). The molecule has 5 heteroatoms. The number of phenolic OH excluding ortho intramolecular Hbond substituents is 1. The first kappa shape index (κ1) is 12.5. The molecule has 0 fully saturated rings. The summed E-state index contributed by atoms with van der Waals surface area (Å²) in [6.45, 7) is 0.571. The number of rotatable bonds is 4. The van der Waals surface area contributed by atoms with Crippen LogP contribution in [0.3, 0.4) is 0 Å². The van der Waals surface area contributed by atoms with Crippen LogP contribution in [0.1, 0.15) is 5.56 Å². The van der Waals surface area contributed by atoms with Gasteiger partial charge >= 0.3 is 0 Å². The van der Waals surface area contributed by atoms with Crippen LogP contribution in [-0.2, 0) is 6.54 Å². The highest BCUT2D eigenvalue weighted by Crippen LogP contribution is 2.27. The molecule has 0 aliphatic heterocycles. The monoisotopic (exact) mass is 264 g/mol. The lowest BCUT2D eigenvalue weighted by atomic mass is 10.2. The minimum atomic E-state index is 0.126. The maximum absolute atomic E-state index is 9.49. The standard InChI is InChI=1S/C13H13ClN2O2/c1-18-12-7-9(4-5-11(12)17)8-16-10-3-2-6-15-13(10)14/h2-7,16-17H,8H2,1H3. The normalized spacial score (nSPS) is 10.1. The molecule has 0 radical (unpaired) electrons. The lowest BCUT2D eigenvalue weighted by Gasteiger charge is -2.09. The van der Waals surface area contributed by atoms with Crippen molar-refractivity contribution in [1.82, 2.24) is 4.98 Å². The summed E-state index contributed by atoms with van der Waals surface area (Å²) in [7, 11) is 1.52. The van der Waals surface area contributed by atoms with E-state index in [0.717, 1.165) is 11.3 Å². The summed E-state index contributed by atoms with van der Waals surface area (Å²) in [5.74, 6) is 0.576. The van der Waals surface area contributed by atoms with Crippen molar-refractivity contribution >= 4 is 17.3 Å². The number of phenols is 1. The molecule has 0 spiro atoms. The summed E-state index contributed by atoms with van der Waals surface area (Å²) in [6.07, 6.45) is 1.64. The quantitative estimate of drug-likeness (QED) is 0.834. The van der Waals surface area contributed by atoms with Gasteiger partial charge in [0, 0.05) is 12.7 Å². The lowest BCUT2D eigenvalue weighted by Crippen LogP contribution is -2.00. The second-order valence-corrected chi connectivity index (χ2v) is 4.06. The summed E-state index contributed by atoms with van der Waals surface area (Å²) < 4.78 is 5.05. The number of methoxy groups -OCH3 is 1. The van der Waals surface area contributed by atoms with E-state index in [1.165, 1.54) is 7.11 Å². The van der Waals surface area contributed by atoms with Crippen molar-refractivity contribution in [1.29, 1.82) is 0 Å². The van der Waals surface area contributed by atoms with Crippen LogP contribution in [0, 0.1) is 0 Å². The Morgan fingerprint density at radius 2 is 2.22 bits per heavy atom. The molecular weight excluding hydrogens is 252 g/mol. The Labute approximate surface area is 110 Å². The summed E-state index contributed by atoms with van der Waals surface area (Å²) in [5.41, 5.74) is 1.75. The Kier molecular flexibility index (Phi) is 3.89. The van der Waals surface area contributed by atoms with Gasteiger partial charge in [0.05, 0.1) is 12.8 Å². The van der Waals surface area contributed by atoms with Crippen molar-refractivity contribution in [3.05, 3.63) is 47.2 Å². The molecule has 1 aromatic heterocycles. The minimum absolute atomic E-state index is 0.126. The van der Waals surface area contributed by atoms with Gasteiger partial charge in [0.15, 0.2) is 16.7 Å². The van der Waals surface area contributed by atoms with E-state index in [9.17, 15) is 5.11 Å². The van der Waals surface area contributed by atoms with Gasteiger partial charge in [-0.3, -0.25) is 0 Å². The SMILES string of the molecule is COc1cc(CNc2cccnc2Cl)ccc1O. The number of nitrogens with zero attached hydrogens (tertiary/aromatic N) is 1. The maximum Gasteiger partial charge on any atom is 0.160 e. The Morgan fingerprint density at radius 3 is 2.94 bits per heavy atom. The molecule has 2 aromatic rings. The zero-order valence-electron chi connectivity index (χ0n) is 9.85. The van der Waals surface area contributed by atoms with Crippen molar-refractivity contribution in [3.63, 3.8) is 0 Å². The third-order valence-corrected chi connectivity index (χ3v) is 2.79. The van der Waals surface area contributed by atoms with E-state index in [-0.39, 0.29) is 5.75 Å². The zero-order valence-corrected chi connectivity index (χ0v) is 10.6. The molecule has 94 valence electrons. The molecule has 0 aliphatic rings. The molecule has 1 heterocycles. The van der Waals surface area contributed by atoms with Crippen molar-refractivity contribution < 1.29 is 9.84 Å². The van der Waals surface area contributed by atoms with Crippen LogP contribution >= 0.6 is 11.6 Å². The lowest BCUT2D eigenvalue weighted by molar-refractivity contribution is 0.373. The van der Waals surface area contributed by atoms with E-state index in [1.54, 1.807) is 18.3 Å². The van der Waals surface area contributed by atoms with Crippen molar-refractivity contribution in [3.8, 4) is 11.5 Å². The highest BCUT2D eigenvalue weighted by molar-refractivity contribution is 6.31. The third kappa shape index (κ3) is 2.84. The van der Waals surface area contributed by atoms with Gasteiger partial charge in [0.1, 0.15) is 0 Å². The second kappa shape index (κ2) is 5.60. The Bertz CT molecular complexity index is 546. The zero-order chi connectivity index (χ0) is 13.0. The Balaban J connectivity index is 2.09. The Hall–Kier alpha value is -1.94. The molecule has 0 atom stereocenters. The smallest absolute Gasteiger partial charge is 0.160 e. The van der Waals surface area contributed by atoms with E-state index < -0.39 is 0 Å². The van der Waals surface area contributed by atoms with Gasteiger partial charge in [-0.05, 0) is 29.8 Å². The average Bonchev–Trinajstić information content (AvgIpc) is 2.39. The number of anilines is 1. The summed E-state index contributed by atoms with van der Waals surface area (Å²) in [4.78, 5) is 3.98. The minimum Gasteiger partial charge on any atom is -0.504 e. The third-order valence-electron chi connectivity index (χ3n) is 2.49. The highest BCUT2D eigenvalue weighted by atomic mass is 35.5.